The Bertz CT molecular complexity index is 3340. The molecule has 11 rings (SSSR count). The van der Waals surface area contributed by atoms with Gasteiger partial charge in [0.2, 0.25) is 0 Å². The van der Waals surface area contributed by atoms with E-state index in [1.807, 2.05) is 11.3 Å². The van der Waals surface area contributed by atoms with Crippen LogP contribution in [-0.2, 0) is 0 Å². The van der Waals surface area contributed by atoms with E-state index in [9.17, 15) is 0 Å². The second-order valence-electron chi connectivity index (χ2n) is 15.9. The zero-order chi connectivity index (χ0) is 39.5. The summed E-state index contributed by atoms with van der Waals surface area (Å²) < 4.78 is 2.69. The van der Waals surface area contributed by atoms with Crippen LogP contribution in [0.25, 0.3) is 85.9 Å². The van der Waals surface area contributed by atoms with Gasteiger partial charge in [0.05, 0.1) is 10.4 Å². The van der Waals surface area contributed by atoms with Crippen LogP contribution in [0.2, 0.25) is 0 Å². The topological polar surface area (TPSA) is 3.24 Å². The van der Waals surface area contributed by atoms with Gasteiger partial charge in [-0.1, -0.05) is 172 Å². The van der Waals surface area contributed by atoms with Crippen LogP contribution >= 0.6 is 11.3 Å². The molecule has 0 aliphatic carbocycles. The molecule has 0 atom stereocenters. The molecule has 1 aromatic heterocycles. The second-order valence-corrected chi connectivity index (χ2v) is 17.0. The average Bonchev–Trinajstić information content (AvgIpc) is 3.70. The van der Waals surface area contributed by atoms with Crippen molar-refractivity contribution in [1.82, 2.24) is 0 Å². The molecule has 0 saturated carbocycles. The van der Waals surface area contributed by atoms with Crippen molar-refractivity contribution in [3.05, 3.63) is 212 Å². The summed E-state index contributed by atoms with van der Waals surface area (Å²) in [5.74, 6) is 0.428. The van der Waals surface area contributed by atoms with Crippen molar-refractivity contribution < 1.29 is 0 Å². The van der Waals surface area contributed by atoms with Crippen molar-refractivity contribution in [3.63, 3.8) is 0 Å². The van der Waals surface area contributed by atoms with E-state index >= 15 is 0 Å². The molecule has 0 aliphatic rings. The molecule has 1 heterocycles. The lowest BCUT2D eigenvalue weighted by Gasteiger charge is -2.27. The largest absolute Gasteiger partial charge is 0.309 e. The molecule has 280 valence electrons. The van der Waals surface area contributed by atoms with Crippen molar-refractivity contribution in [2.75, 3.05) is 4.90 Å². The molecule has 0 N–H and O–H groups in total. The summed E-state index contributed by atoms with van der Waals surface area (Å²) in [6.07, 6.45) is 0. The predicted molar refractivity (Wildman–Crippen MR) is 257 cm³/mol. The Morgan fingerprint density at radius 1 is 0.356 bits per heavy atom. The molecule has 0 amide bonds. The third-order valence-corrected chi connectivity index (χ3v) is 13.3. The van der Waals surface area contributed by atoms with Crippen LogP contribution in [-0.4, -0.2) is 0 Å². The van der Waals surface area contributed by atoms with Gasteiger partial charge in [0, 0.05) is 26.8 Å². The summed E-state index contributed by atoms with van der Waals surface area (Å²) in [5, 5.41) is 10.2. The van der Waals surface area contributed by atoms with Gasteiger partial charge in [-0.15, -0.1) is 11.3 Å². The fourth-order valence-corrected chi connectivity index (χ4v) is 10.4. The number of rotatable bonds is 7. The Morgan fingerprint density at radius 3 is 1.47 bits per heavy atom. The fraction of sp³-hybridized carbons (Fsp3) is 0.0526. The molecule has 59 heavy (non-hydrogen) atoms. The molecule has 11 aromatic rings. The molecule has 2 heteroatoms. The molecule has 0 radical (unpaired) electrons. The minimum atomic E-state index is 0.428. The SMILES string of the molecule is CC(C)c1cccc2c1sc1c(N(c3ccc(-c4ccccc4)cc3)c3ccc(-c4ccc5cc(-c6ccc7ccccc7c6)ccc5c4)cc3)cc3ccccc3c12. The molecular weight excluding hydrogens is 731 g/mol. The number of hydrogen-bond donors (Lipinski definition) is 0. The third kappa shape index (κ3) is 6.25. The van der Waals surface area contributed by atoms with Gasteiger partial charge in [0.15, 0.2) is 0 Å². The quantitative estimate of drug-likeness (QED) is 0.156. The highest BCUT2D eigenvalue weighted by Crippen LogP contribution is 2.49. The van der Waals surface area contributed by atoms with Crippen LogP contribution in [0, 0.1) is 0 Å². The Balaban J connectivity index is 1.03. The Kier molecular flexibility index (Phi) is 8.61. The standard InChI is InChI=1S/C57H41NS/c1-37(2)51-17-10-18-53-55-52-16-9-8-15-48(52)36-54(57(55)59-56(51)53)58(49-29-25-40(26-30-49)38-11-4-3-5-12-38)50-31-27-41(28-32-50)43-21-22-46-35-47(24-23-45(46)34-43)44-20-19-39-13-6-7-14-42(39)33-44/h3-37H,1-2H3. The van der Waals surface area contributed by atoms with Crippen LogP contribution in [0.1, 0.15) is 25.3 Å². The summed E-state index contributed by atoms with van der Waals surface area (Å²) in [5.41, 5.74) is 12.2. The zero-order valence-corrected chi connectivity index (χ0v) is 33.9. The monoisotopic (exact) mass is 771 g/mol. The number of hydrogen-bond acceptors (Lipinski definition) is 2. The van der Waals surface area contributed by atoms with Crippen LogP contribution in [0.4, 0.5) is 17.1 Å². The van der Waals surface area contributed by atoms with Crippen molar-refractivity contribution in [2.24, 2.45) is 0 Å². The minimum absolute atomic E-state index is 0.428. The molecule has 0 fully saturated rings. The summed E-state index contributed by atoms with van der Waals surface area (Å²) in [7, 11) is 0. The normalized spacial score (nSPS) is 11.7. The summed E-state index contributed by atoms with van der Waals surface area (Å²) in [4.78, 5) is 2.46. The van der Waals surface area contributed by atoms with Crippen LogP contribution in [0.3, 0.4) is 0 Å². The summed E-state index contributed by atoms with van der Waals surface area (Å²) in [6.45, 7) is 4.61. The molecule has 0 aliphatic heterocycles. The lowest BCUT2D eigenvalue weighted by molar-refractivity contribution is 0.878. The lowest BCUT2D eigenvalue weighted by atomic mass is 9.96. The third-order valence-electron chi connectivity index (χ3n) is 12.0. The van der Waals surface area contributed by atoms with Crippen molar-refractivity contribution in [3.8, 4) is 33.4 Å². The van der Waals surface area contributed by atoms with E-state index in [1.54, 1.807) is 0 Å². The van der Waals surface area contributed by atoms with Crippen molar-refractivity contribution >= 4 is 80.9 Å². The van der Waals surface area contributed by atoms with Crippen molar-refractivity contribution in [1.29, 1.82) is 0 Å². The lowest BCUT2D eigenvalue weighted by Crippen LogP contribution is -2.10. The van der Waals surface area contributed by atoms with Gasteiger partial charge in [0.25, 0.3) is 0 Å². The maximum atomic E-state index is 2.46. The molecule has 10 aromatic carbocycles. The number of thiophene rings is 1. The van der Waals surface area contributed by atoms with Gasteiger partial charge >= 0.3 is 0 Å². The smallest absolute Gasteiger partial charge is 0.0646 e. The van der Waals surface area contributed by atoms with Gasteiger partial charge in [-0.2, -0.15) is 0 Å². The highest BCUT2D eigenvalue weighted by Gasteiger charge is 2.22. The molecule has 0 bridgehead atoms. The van der Waals surface area contributed by atoms with Gasteiger partial charge < -0.3 is 4.90 Å². The van der Waals surface area contributed by atoms with Gasteiger partial charge in [-0.3, -0.25) is 0 Å². The van der Waals surface area contributed by atoms with E-state index in [2.05, 4.69) is 225 Å². The Hall–Kier alpha value is -7.00. The van der Waals surface area contributed by atoms with Crippen molar-refractivity contribution in [2.45, 2.75) is 19.8 Å². The molecule has 0 saturated heterocycles. The molecular formula is C57H41NS. The fourth-order valence-electron chi connectivity index (χ4n) is 8.91. The molecule has 1 nitrogen and oxygen atoms in total. The van der Waals surface area contributed by atoms with Crippen LogP contribution in [0.5, 0.6) is 0 Å². The van der Waals surface area contributed by atoms with Gasteiger partial charge in [0.1, 0.15) is 0 Å². The first-order valence-electron chi connectivity index (χ1n) is 20.5. The van der Waals surface area contributed by atoms with E-state index in [0.29, 0.717) is 5.92 Å². The predicted octanol–water partition coefficient (Wildman–Crippen LogP) is 17.1. The second kappa shape index (κ2) is 14.4. The van der Waals surface area contributed by atoms with E-state index in [1.165, 1.54) is 97.1 Å². The Morgan fingerprint density at radius 2 is 0.831 bits per heavy atom. The minimum Gasteiger partial charge on any atom is -0.309 e. The first kappa shape index (κ1) is 35.2. The first-order valence-corrected chi connectivity index (χ1v) is 21.3. The van der Waals surface area contributed by atoms with Gasteiger partial charge in [-0.05, 0) is 126 Å². The first-order chi connectivity index (χ1) is 29.1. The Labute approximate surface area is 349 Å². The highest BCUT2D eigenvalue weighted by atomic mass is 32.1. The average molecular weight is 772 g/mol. The van der Waals surface area contributed by atoms with E-state index in [0.717, 1.165) is 11.4 Å². The van der Waals surface area contributed by atoms with Gasteiger partial charge in [-0.25, -0.2) is 0 Å². The maximum absolute atomic E-state index is 2.46. The van der Waals surface area contributed by atoms with E-state index in [4.69, 9.17) is 0 Å². The number of nitrogens with zero attached hydrogens (tertiary/aromatic N) is 1. The number of fused-ring (bicyclic) bond motifs is 7. The van der Waals surface area contributed by atoms with Crippen LogP contribution in [0.15, 0.2) is 206 Å². The number of anilines is 3. The highest BCUT2D eigenvalue weighted by molar-refractivity contribution is 7.26. The number of benzene rings is 10. The summed E-state index contributed by atoms with van der Waals surface area (Å²) >= 11 is 1.94. The maximum Gasteiger partial charge on any atom is 0.0646 e. The van der Waals surface area contributed by atoms with E-state index in [-0.39, 0.29) is 0 Å². The zero-order valence-electron chi connectivity index (χ0n) is 33.1. The summed E-state index contributed by atoms with van der Waals surface area (Å²) in [6, 6.07) is 76.0. The molecule has 0 spiro atoms. The molecule has 0 unspecified atom stereocenters. The van der Waals surface area contributed by atoms with E-state index < -0.39 is 0 Å². The van der Waals surface area contributed by atoms with Crippen LogP contribution < -0.4 is 4.90 Å².